The predicted octanol–water partition coefficient (Wildman–Crippen LogP) is 2.30. The number of nitrogens with two attached hydrogens (primary N) is 1. The third kappa shape index (κ3) is 2.87. The van der Waals surface area contributed by atoms with Gasteiger partial charge in [0, 0.05) is 37.9 Å². The Labute approximate surface area is 134 Å². The number of aryl methyl sites for hydroxylation is 1. The fourth-order valence-electron chi connectivity index (χ4n) is 2.86. The number of aromatic nitrogens is 2. The first-order valence-corrected chi connectivity index (χ1v) is 7.77. The van der Waals surface area contributed by atoms with Gasteiger partial charge in [0.1, 0.15) is 5.69 Å². The number of likely N-dealkylation sites (tertiary alicyclic amines) is 1. The van der Waals surface area contributed by atoms with Crippen molar-refractivity contribution in [3.63, 3.8) is 0 Å². The Morgan fingerprint density at radius 1 is 1.41 bits per heavy atom. The Balaban J connectivity index is 1.98. The molecule has 0 radical (unpaired) electrons. The van der Waals surface area contributed by atoms with Gasteiger partial charge in [-0.25, -0.2) is 0 Å². The maximum absolute atomic E-state index is 12.8. The zero-order chi connectivity index (χ0) is 15.7. The van der Waals surface area contributed by atoms with E-state index in [9.17, 15) is 4.79 Å². The van der Waals surface area contributed by atoms with Crippen molar-refractivity contribution < 1.29 is 4.79 Å². The Kier molecular flexibility index (Phi) is 4.18. The molecule has 1 aliphatic heterocycles. The Hall–Kier alpha value is -1.85. The molecule has 1 fully saturated rings. The van der Waals surface area contributed by atoms with Crippen molar-refractivity contribution in [2.24, 2.45) is 12.8 Å². The maximum atomic E-state index is 12.8. The molecule has 1 aromatic heterocycles. The molecular weight excluding hydrogens is 300 g/mol. The van der Waals surface area contributed by atoms with Crippen molar-refractivity contribution in [3.8, 4) is 11.3 Å². The minimum absolute atomic E-state index is 0.0295. The summed E-state index contributed by atoms with van der Waals surface area (Å²) < 4.78 is 1.65. The molecule has 0 spiro atoms. The highest BCUT2D eigenvalue weighted by atomic mass is 35.5. The van der Waals surface area contributed by atoms with Gasteiger partial charge in [0.25, 0.3) is 5.91 Å². The van der Waals surface area contributed by atoms with Crippen molar-refractivity contribution in [1.82, 2.24) is 14.7 Å². The lowest BCUT2D eigenvalue weighted by molar-refractivity contribution is 0.0709. The molecule has 1 amide bonds. The number of hydrogen-bond donors (Lipinski definition) is 1. The van der Waals surface area contributed by atoms with Crippen LogP contribution in [0.4, 0.5) is 0 Å². The van der Waals surface area contributed by atoms with E-state index in [0.29, 0.717) is 22.8 Å². The van der Waals surface area contributed by atoms with Crippen LogP contribution >= 0.6 is 11.6 Å². The average molecular weight is 319 g/mol. The second-order valence-corrected chi connectivity index (χ2v) is 6.11. The molecule has 0 saturated carbocycles. The van der Waals surface area contributed by atoms with E-state index in [-0.39, 0.29) is 11.9 Å². The smallest absolute Gasteiger partial charge is 0.257 e. The first-order chi connectivity index (χ1) is 10.6. The average Bonchev–Trinajstić information content (AvgIpc) is 2.88. The summed E-state index contributed by atoms with van der Waals surface area (Å²) in [6, 6.07) is 7.49. The highest BCUT2D eigenvalue weighted by Crippen LogP contribution is 2.30. The molecule has 3 rings (SSSR count). The highest BCUT2D eigenvalue weighted by molar-refractivity contribution is 6.33. The molecule has 5 nitrogen and oxygen atoms in total. The molecule has 1 saturated heterocycles. The molecule has 6 heteroatoms. The number of carbonyl (C=O) groups is 1. The van der Waals surface area contributed by atoms with Crippen molar-refractivity contribution in [2.45, 2.75) is 18.9 Å². The van der Waals surface area contributed by atoms with Crippen LogP contribution in [0.3, 0.4) is 0 Å². The number of hydrogen-bond acceptors (Lipinski definition) is 3. The zero-order valence-corrected chi connectivity index (χ0v) is 13.3. The summed E-state index contributed by atoms with van der Waals surface area (Å²) in [4.78, 5) is 14.6. The molecule has 0 aliphatic carbocycles. The molecule has 2 heterocycles. The maximum Gasteiger partial charge on any atom is 0.257 e. The lowest BCUT2D eigenvalue weighted by Crippen LogP contribution is -2.45. The van der Waals surface area contributed by atoms with Crippen LogP contribution in [0.5, 0.6) is 0 Å². The molecule has 2 N–H and O–H groups in total. The first-order valence-electron chi connectivity index (χ1n) is 7.39. The van der Waals surface area contributed by atoms with Gasteiger partial charge in [-0.15, -0.1) is 0 Å². The SMILES string of the molecule is Cn1cc(C(=O)N2CCCC(N)C2)c(-c2ccccc2Cl)n1. The van der Waals surface area contributed by atoms with Gasteiger partial charge >= 0.3 is 0 Å². The molecule has 1 aromatic carbocycles. The molecule has 1 unspecified atom stereocenters. The predicted molar refractivity (Wildman–Crippen MR) is 86.8 cm³/mol. The van der Waals surface area contributed by atoms with Crippen molar-refractivity contribution >= 4 is 17.5 Å². The molecule has 116 valence electrons. The number of rotatable bonds is 2. The van der Waals surface area contributed by atoms with E-state index in [1.807, 2.05) is 23.1 Å². The monoisotopic (exact) mass is 318 g/mol. The second-order valence-electron chi connectivity index (χ2n) is 5.70. The molecule has 2 aromatic rings. The fraction of sp³-hybridized carbons (Fsp3) is 0.375. The molecular formula is C16H19ClN4O. The second kappa shape index (κ2) is 6.10. The van der Waals surface area contributed by atoms with E-state index in [1.54, 1.807) is 24.0 Å². The summed E-state index contributed by atoms with van der Waals surface area (Å²) in [6.45, 7) is 1.33. The number of halogens is 1. The lowest BCUT2D eigenvalue weighted by atomic mass is 10.0. The third-order valence-electron chi connectivity index (χ3n) is 3.93. The molecule has 1 aliphatic rings. The quantitative estimate of drug-likeness (QED) is 0.924. The minimum Gasteiger partial charge on any atom is -0.337 e. The number of carbonyl (C=O) groups excluding carboxylic acids is 1. The van der Waals surface area contributed by atoms with E-state index < -0.39 is 0 Å². The van der Waals surface area contributed by atoms with Crippen LogP contribution in [-0.2, 0) is 7.05 Å². The van der Waals surface area contributed by atoms with E-state index in [1.165, 1.54) is 0 Å². The van der Waals surface area contributed by atoms with Gasteiger partial charge in [0.05, 0.1) is 10.6 Å². The molecule has 0 bridgehead atoms. The van der Waals surface area contributed by atoms with Gasteiger partial charge in [0.2, 0.25) is 0 Å². The minimum atomic E-state index is -0.0295. The van der Waals surface area contributed by atoms with Gasteiger partial charge in [-0.05, 0) is 18.9 Å². The number of nitrogens with zero attached hydrogens (tertiary/aromatic N) is 3. The van der Waals surface area contributed by atoms with Crippen LogP contribution in [-0.4, -0.2) is 39.7 Å². The summed E-state index contributed by atoms with van der Waals surface area (Å²) in [5.74, 6) is -0.0295. The van der Waals surface area contributed by atoms with E-state index in [4.69, 9.17) is 17.3 Å². The van der Waals surface area contributed by atoms with Crippen LogP contribution in [0.15, 0.2) is 30.5 Å². The van der Waals surface area contributed by atoms with Crippen LogP contribution in [0.1, 0.15) is 23.2 Å². The van der Waals surface area contributed by atoms with Gasteiger partial charge in [-0.2, -0.15) is 5.10 Å². The summed E-state index contributed by atoms with van der Waals surface area (Å²) in [6.07, 6.45) is 3.66. The van der Waals surface area contributed by atoms with Crippen molar-refractivity contribution in [1.29, 1.82) is 0 Å². The lowest BCUT2D eigenvalue weighted by Gasteiger charge is -2.30. The van der Waals surface area contributed by atoms with E-state index in [2.05, 4.69) is 5.10 Å². The summed E-state index contributed by atoms with van der Waals surface area (Å²) in [5.41, 5.74) is 7.95. The fourth-order valence-corrected chi connectivity index (χ4v) is 3.09. The Morgan fingerprint density at radius 2 is 2.18 bits per heavy atom. The topological polar surface area (TPSA) is 64.2 Å². The van der Waals surface area contributed by atoms with Crippen LogP contribution in [0, 0.1) is 0 Å². The van der Waals surface area contributed by atoms with E-state index >= 15 is 0 Å². The standard InChI is InChI=1S/C16H19ClN4O/c1-20-10-13(16(22)21-8-4-5-11(18)9-21)15(19-20)12-6-2-3-7-14(12)17/h2-3,6-7,10-11H,4-5,8-9,18H2,1H3. The van der Waals surface area contributed by atoms with Gasteiger partial charge in [0.15, 0.2) is 0 Å². The Bertz CT molecular complexity index is 697. The summed E-state index contributed by atoms with van der Waals surface area (Å²) >= 11 is 6.26. The Morgan fingerprint density at radius 3 is 2.91 bits per heavy atom. The summed E-state index contributed by atoms with van der Waals surface area (Å²) in [7, 11) is 1.80. The normalized spacial score (nSPS) is 18.5. The molecule has 22 heavy (non-hydrogen) atoms. The largest absolute Gasteiger partial charge is 0.337 e. The van der Waals surface area contributed by atoms with E-state index in [0.717, 1.165) is 24.9 Å². The summed E-state index contributed by atoms with van der Waals surface area (Å²) in [5, 5.41) is 5.02. The van der Waals surface area contributed by atoms with Gasteiger partial charge in [-0.3, -0.25) is 9.48 Å². The van der Waals surface area contributed by atoms with Gasteiger partial charge < -0.3 is 10.6 Å². The van der Waals surface area contributed by atoms with Crippen LogP contribution < -0.4 is 5.73 Å². The highest BCUT2D eigenvalue weighted by Gasteiger charge is 2.26. The van der Waals surface area contributed by atoms with Crippen molar-refractivity contribution in [2.75, 3.05) is 13.1 Å². The number of amides is 1. The zero-order valence-electron chi connectivity index (χ0n) is 12.5. The first kappa shape index (κ1) is 15.1. The van der Waals surface area contributed by atoms with Crippen molar-refractivity contribution in [3.05, 3.63) is 41.0 Å². The molecule has 1 atom stereocenters. The van der Waals surface area contributed by atoms with Gasteiger partial charge in [-0.1, -0.05) is 29.8 Å². The number of benzene rings is 1. The third-order valence-corrected chi connectivity index (χ3v) is 4.26. The van der Waals surface area contributed by atoms with Crippen LogP contribution in [0.25, 0.3) is 11.3 Å². The van der Waals surface area contributed by atoms with Crippen LogP contribution in [0.2, 0.25) is 5.02 Å². The number of piperidine rings is 1.